The first-order valence-corrected chi connectivity index (χ1v) is 8.33. The third-order valence-electron chi connectivity index (χ3n) is 4.53. The fourth-order valence-electron chi connectivity index (χ4n) is 3.20. The molecule has 0 aliphatic carbocycles. The highest BCUT2D eigenvalue weighted by Crippen LogP contribution is 2.36. The SMILES string of the molecule is CCC1(CC)CN(CC2CCCNC2)CCS1. The highest BCUT2D eigenvalue weighted by atomic mass is 32.2. The van der Waals surface area contributed by atoms with Crippen molar-refractivity contribution in [3.63, 3.8) is 0 Å². The summed E-state index contributed by atoms with van der Waals surface area (Å²) in [7, 11) is 0. The Bertz CT molecular complexity index is 222. The minimum atomic E-state index is 0.556. The van der Waals surface area contributed by atoms with Gasteiger partial charge in [-0.1, -0.05) is 13.8 Å². The Morgan fingerprint density at radius 3 is 2.82 bits per heavy atom. The van der Waals surface area contributed by atoms with Gasteiger partial charge in [-0.15, -0.1) is 0 Å². The van der Waals surface area contributed by atoms with Gasteiger partial charge in [-0.3, -0.25) is 0 Å². The molecule has 3 heteroatoms. The summed E-state index contributed by atoms with van der Waals surface area (Å²) >= 11 is 2.22. The Hall–Kier alpha value is 0.270. The van der Waals surface area contributed by atoms with E-state index < -0.39 is 0 Å². The molecule has 1 N–H and O–H groups in total. The molecular formula is C14H28N2S. The van der Waals surface area contributed by atoms with Gasteiger partial charge in [0.1, 0.15) is 0 Å². The molecule has 0 aromatic rings. The summed E-state index contributed by atoms with van der Waals surface area (Å²) in [6.07, 6.45) is 5.46. The van der Waals surface area contributed by atoms with Crippen LogP contribution in [0.5, 0.6) is 0 Å². The Morgan fingerprint density at radius 2 is 2.18 bits per heavy atom. The molecule has 17 heavy (non-hydrogen) atoms. The maximum atomic E-state index is 3.54. The highest BCUT2D eigenvalue weighted by Gasteiger charge is 2.33. The van der Waals surface area contributed by atoms with E-state index in [4.69, 9.17) is 0 Å². The number of hydrogen-bond acceptors (Lipinski definition) is 3. The lowest BCUT2D eigenvalue weighted by atomic mass is 9.96. The molecule has 2 saturated heterocycles. The second-order valence-corrected chi connectivity index (χ2v) is 7.25. The first-order chi connectivity index (χ1) is 8.28. The van der Waals surface area contributed by atoms with Crippen LogP contribution in [0, 0.1) is 5.92 Å². The quantitative estimate of drug-likeness (QED) is 0.832. The number of thioether (sulfide) groups is 1. The normalized spacial score (nSPS) is 30.4. The van der Waals surface area contributed by atoms with Gasteiger partial charge < -0.3 is 10.2 Å². The monoisotopic (exact) mass is 256 g/mol. The van der Waals surface area contributed by atoms with E-state index >= 15 is 0 Å². The molecule has 2 aliphatic heterocycles. The van der Waals surface area contributed by atoms with Crippen LogP contribution < -0.4 is 5.32 Å². The predicted octanol–water partition coefficient (Wildman–Crippen LogP) is 2.59. The zero-order valence-corrected chi connectivity index (χ0v) is 12.3. The van der Waals surface area contributed by atoms with Crippen LogP contribution in [0.3, 0.4) is 0 Å². The second-order valence-electron chi connectivity index (χ2n) is 5.69. The second kappa shape index (κ2) is 6.44. The van der Waals surface area contributed by atoms with Crippen molar-refractivity contribution in [3.8, 4) is 0 Å². The van der Waals surface area contributed by atoms with Crippen molar-refractivity contribution < 1.29 is 0 Å². The van der Waals surface area contributed by atoms with Crippen molar-refractivity contribution in [1.82, 2.24) is 10.2 Å². The average molecular weight is 256 g/mol. The van der Waals surface area contributed by atoms with Gasteiger partial charge in [-0.2, -0.15) is 11.8 Å². The van der Waals surface area contributed by atoms with Crippen LogP contribution >= 0.6 is 11.8 Å². The lowest BCUT2D eigenvalue weighted by Crippen LogP contribution is -2.49. The molecule has 0 aromatic heterocycles. The van der Waals surface area contributed by atoms with Crippen LogP contribution in [0.15, 0.2) is 0 Å². The summed E-state index contributed by atoms with van der Waals surface area (Å²) in [5, 5.41) is 3.54. The van der Waals surface area contributed by atoms with Crippen molar-refractivity contribution in [1.29, 1.82) is 0 Å². The van der Waals surface area contributed by atoms with Crippen molar-refractivity contribution in [2.24, 2.45) is 5.92 Å². The first-order valence-electron chi connectivity index (χ1n) is 7.35. The smallest absolute Gasteiger partial charge is 0.0282 e. The minimum absolute atomic E-state index is 0.556. The molecule has 1 unspecified atom stereocenters. The molecule has 2 nitrogen and oxygen atoms in total. The van der Waals surface area contributed by atoms with E-state index in [1.54, 1.807) is 0 Å². The zero-order valence-electron chi connectivity index (χ0n) is 11.5. The molecule has 100 valence electrons. The summed E-state index contributed by atoms with van der Waals surface area (Å²) in [6.45, 7) is 11.2. The molecule has 0 spiro atoms. The summed E-state index contributed by atoms with van der Waals surface area (Å²) < 4.78 is 0.556. The van der Waals surface area contributed by atoms with Crippen LogP contribution in [0.2, 0.25) is 0 Å². The predicted molar refractivity (Wildman–Crippen MR) is 77.8 cm³/mol. The number of nitrogens with one attached hydrogen (secondary N) is 1. The summed E-state index contributed by atoms with van der Waals surface area (Å²) in [5.74, 6) is 2.24. The molecule has 0 bridgehead atoms. The van der Waals surface area contributed by atoms with E-state index in [1.165, 1.54) is 64.2 Å². The highest BCUT2D eigenvalue weighted by molar-refractivity contribution is 8.00. The van der Waals surface area contributed by atoms with E-state index in [2.05, 4.69) is 35.8 Å². The van der Waals surface area contributed by atoms with Gasteiger partial charge in [0.25, 0.3) is 0 Å². The van der Waals surface area contributed by atoms with Gasteiger partial charge in [0, 0.05) is 30.1 Å². The first kappa shape index (κ1) is 13.7. The van der Waals surface area contributed by atoms with Crippen LogP contribution in [0.1, 0.15) is 39.5 Å². The molecule has 0 saturated carbocycles. The molecule has 2 rings (SSSR count). The third kappa shape index (κ3) is 3.62. The van der Waals surface area contributed by atoms with Crippen LogP contribution in [0.25, 0.3) is 0 Å². The number of nitrogens with zero attached hydrogens (tertiary/aromatic N) is 1. The van der Waals surface area contributed by atoms with E-state index in [0.29, 0.717) is 4.75 Å². The molecule has 0 aromatic carbocycles. The maximum absolute atomic E-state index is 3.54. The van der Waals surface area contributed by atoms with Crippen LogP contribution in [0.4, 0.5) is 0 Å². The number of hydrogen-bond donors (Lipinski definition) is 1. The number of piperidine rings is 1. The third-order valence-corrected chi connectivity index (χ3v) is 6.24. The van der Waals surface area contributed by atoms with Gasteiger partial charge >= 0.3 is 0 Å². The molecule has 2 heterocycles. The summed E-state index contributed by atoms with van der Waals surface area (Å²) in [5.41, 5.74) is 0. The summed E-state index contributed by atoms with van der Waals surface area (Å²) in [6, 6.07) is 0. The number of rotatable bonds is 4. The Kier molecular flexibility index (Phi) is 5.19. The van der Waals surface area contributed by atoms with Crippen molar-refractivity contribution in [2.45, 2.75) is 44.3 Å². The topological polar surface area (TPSA) is 15.3 Å². The zero-order chi connectivity index (χ0) is 12.1. The van der Waals surface area contributed by atoms with Crippen LogP contribution in [-0.2, 0) is 0 Å². The van der Waals surface area contributed by atoms with E-state index in [9.17, 15) is 0 Å². The van der Waals surface area contributed by atoms with E-state index in [-0.39, 0.29) is 0 Å². The average Bonchev–Trinajstić information content (AvgIpc) is 2.40. The van der Waals surface area contributed by atoms with Gasteiger partial charge in [0.15, 0.2) is 0 Å². The fraction of sp³-hybridized carbons (Fsp3) is 1.00. The van der Waals surface area contributed by atoms with Gasteiger partial charge in [0.05, 0.1) is 0 Å². The Morgan fingerprint density at radius 1 is 1.35 bits per heavy atom. The lowest BCUT2D eigenvalue weighted by Gasteiger charge is -2.43. The molecule has 2 fully saturated rings. The standard InChI is InChI=1S/C14H28N2S/c1-3-14(4-2)12-16(8-9-17-14)11-13-6-5-7-15-10-13/h13,15H,3-12H2,1-2H3. The van der Waals surface area contributed by atoms with Crippen molar-refractivity contribution in [3.05, 3.63) is 0 Å². The van der Waals surface area contributed by atoms with E-state index in [1.807, 2.05) is 0 Å². The lowest BCUT2D eigenvalue weighted by molar-refractivity contribution is 0.189. The fourth-order valence-corrected chi connectivity index (χ4v) is 4.67. The van der Waals surface area contributed by atoms with Gasteiger partial charge in [0.2, 0.25) is 0 Å². The van der Waals surface area contributed by atoms with Gasteiger partial charge in [-0.05, 0) is 44.7 Å². The maximum Gasteiger partial charge on any atom is 0.0282 e. The largest absolute Gasteiger partial charge is 0.316 e. The van der Waals surface area contributed by atoms with Gasteiger partial charge in [-0.25, -0.2) is 0 Å². The molecule has 1 atom stereocenters. The molecule has 0 amide bonds. The van der Waals surface area contributed by atoms with E-state index in [0.717, 1.165) is 5.92 Å². The Labute approximate surface area is 111 Å². The van der Waals surface area contributed by atoms with Crippen molar-refractivity contribution in [2.75, 3.05) is 38.5 Å². The van der Waals surface area contributed by atoms with Crippen LogP contribution in [-0.4, -0.2) is 48.1 Å². The summed E-state index contributed by atoms with van der Waals surface area (Å²) in [4.78, 5) is 2.74. The minimum Gasteiger partial charge on any atom is -0.316 e. The van der Waals surface area contributed by atoms with Crippen molar-refractivity contribution >= 4 is 11.8 Å². The molecular weight excluding hydrogens is 228 g/mol. The molecule has 2 aliphatic rings. The Balaban J connectivity index is 1.84. The molecule has 0 radical (unpaired) electrons.